The van der Waals surface area contributed by atoms with Crippen LogP contribution in [0.4, 0.5) is 0 Å². The van der Waals surface area contributed by atoms with E-state index in [-0.39, 0.29) is 0 Å². The Morgan fingerprint density at radius 3 is 2.52 bits per heavy atom. The molecule has 0 unspecified atom stereocenters. The summed E-state index contributed by atoms with van der Waals surface area (Å²) in [6.07, 6.45) is 2.53. The minimum absolute atomic E-state index is 0.384. The Kier molecular flexibility index (Phi) is 4.60. The Hall–Kier alpha value is -0.930. The second kappa shape index (κ2) is 6.45. The summed E-state index contributed by atoms with van der Waals surface area (Å²) >= 11 is 18.4. The van der Waals surface area contributed by atoms with Crippen LogP contribution in [0.25, 0.3) is 0 Å². The van der Waals surface area contributed by atoms with Crippen molar-refractivity contribution >= 4 is 34.8 Å². The van der Waals surface area contributed by atoms with Crippen LogP contribution in [0.5, 0.6) is 11.5 Å². The lowest BCUT2D eigenvalue weighted by atomic mass is 10.2. The van der Waals surface area contributed by atoms with Gasteiger partial charge in [-0.25, -0.2) is 0 Å². The predicted molar refractivity (Wildman–Crippen MR) is 87.8 cm³/mol. The van der Waals surface area contributed by atoms with Gasteiger partial charge < -0.3 is 10.1 Å². The standard InChI is InChI=1S/C16H14Cl3NO/c17-12-2-1-3-15(16(12)19)21-14-7-4-10(8-13(14)18)9-20-11-5-6-11/h1-4,7-8,11,20H,5-6,9H2. The van der Waals surface area contributed by atoms with Crippen LogP contribution in [-0.4, -0.2) is 6.04 Å². The first kappa shape index (κ1) is 15.0. The van der Waals surface area contributed by atoms with Gasteiger partial charge in [0, 0.05) is 12.6 Å². The third-order valence-corrected chi connectivity index (χ3v) is 4.40. The number of halogens is 3. The number of benzene rings is 2. The van der Waals surface area contributed by atoms with Gasteiger partial charge in [0.05, 0.1) is 10.0 Å². The first-order valence-corrected chi connectivity index (χ1v) is 7.90. The molecule has 3 rings (SSSR count). The lowest BCUT2D eigenvalue weighted by Gasteiger charge is -2.11. The summed E-state index contributed by atoms with van der Waals surface area (Å²) < 4.78 is 5.74. The van der Waals surface area contributed by atoms with Gasteiger partial charge in [0.15, 0.2) is 0 Å². The van der Waals surface area contributed by atoms with E-state index in [1.54, 1.807) is 18.2 Å². The maximum Gasteiger partial charge on any atom is 0.147 e. The maximum absolute atomic E-state index is 6.27. The molecular formula is C16H14Cl3NO. The summed E-state index contributed by atoms with van der Waals surface area (Å²) in [6.45, 7) is 0.822. The fourth-order valence-corrected chi connectivity index (χ4v) is 2.54. The van der Waals surface area contributed by atoms with E-state index in [1.165, 1.54) is 12.8 Å². The highest BCUT2D eigenvalue weighted by atomic mass is 35.5. The highest BCUT2D eigenvalue weighted by molar-refractivity contribution is 6.43. The van der Waals surface area contributed by atoms with E-state index in [0.717, 1.165) is 12.1 Å². The summed E-state index contributed by atoms with van der Waals surface area (Å²) in [5.41, 5.74) is 1.14. The Balaban J connectivity index is 1.74. The molecular weight excluding hydrogens is 329 g/mol. The molecule has 0 aromatic heterocycles. The molecule has 21 heavy (non-hydrogen) atoms. The summed E-state index contributed by atoms with van der Waals surface area (Å²) in [7, 11) is 0. The van der Waals surface area contributed by atoms with Crippen LogP contribution in [-0.2, 0) is 6.54 Å². The molecule has 0 heterocycles. The molecule has 0 bridgehead atoms. The Morgan fingerprint density at radius 1 is 1.00 bits per heavy atom. The first-order valence-electron chi connectivity index (χ1n) is 6.77. The molecule has 0 amide bonds. The van der Waals surface area contributed by atoms with Crippen LogP contribution < -0.4 is 10.1 Å². The van der Waals surface area contributed by atoms with Gasteiger partial charge in [-0.15, -0.1) is 0 Å². The van der Waals surface area contributed by atoms with E-state index in [9.17, 15) is 0 Å². The minimum atomic E-state index is 0.384. The van der Waals surface area contributed by atoms with Gasteiger partial charge in [0.25, 0.3) is 0 Å². The van der Waals surface area contributed by atoms with Crippen molar-refractivity contribution in [2.45, 2.75) is 25.4 Å². The van der Waals surface area contributed by atoms with Gasteiger partial charge in [0.1, 0.15) is 16.5 Å². The average molecular weight is 343 g/mol. The van der Waals surface area contributed by atoms with Gasteiger partial charge in [-0.3, -0.25) is 0 Å². The number of nitrogens with one attached hydrogen (secondary N) is 1. The van der Waals surface area contributed by atoms with Crippen molar-refractivity contribution in [1.29, 1.82) is 0 Å². The van der Waals surface area contributed by atoms with E-state index < -0.39 is 0 Å². The van der Waals surface area contributed by atoms with E-state index >= 15 is 0 Å². The van der Waals surface area contributed by atoms with Gasteiger partial charge in [-0.2, -0.15) is 0 Å². The summed E-state index contributed by atoms with van der Waals surface area (Å²) in [5, 5.41) is 4.84. The normalized spacial score (nSPS) is 14.2. The number of ether oxygens (including phenoxy) is 1. The van der Waals surface area contributed by atoms with Crippen molar-refractivity contribution in [3.63, 3.8) is 0 Å². The molecule has 0 radical (unpaired) electrons. The third-order valence-electron chi connectivity index (χ3n) is 3.30. The quantitative estimate of drug-likeness (QED) is 0.753. The minimum Gasteiger partial charge on any atom is -0.454 e. The Labute approximate surface area is 139 Å². The van der Waals surface area contributed by atoms with E-state index in [2.05, 4.69) is 5.32 Å². The molecule has 1 aliphatic rings. The van der Waals surface area contributed by atoms with Crippen molar-refractivity contribution < 1.29 is 4.74 Å². The van der Waals surface area contributed by atoms with Crippen molar-refractivity contribution in [2.24, 2.45) is 0 Å². The van der Waals surface area contributed by atoms with Crippen LogP contribution in [0, 0.1) is 0 Å². The first-order chi connectivity index (χ1) is 10.1. The van der Waals surface area contributed by atoms with E-state index in [0.29, 0.717) is 32.6 Å². The molecule has 2 nitrogen and oxygen atoms in total. The lowest BCUT2D eigenvalue weighted by molar-refractivity contribution is 0.483. The number of hydrogen-bond donors (Lipinski definition) is 1. The predicted octanol–water partition coefficient (Wildman–Crippen LogP) is 5.69. The van der Waals surface area contributed by atoms with Crippen molar-refractivity contribution in [1.82, 2.24) is 5.32 Å². The molecule has 2 aromatic rings. The molecule has 5 heteroatoms. The zero-order valence-corrected chi connectivity index (χ0v) is 13.5. The smallest absolute Gasteiger partial charge is 0.147 e. The van der Waals surface area contributed by atoms with Gasteiger partial charge in [-0.1, -0.05) is 46.9 Å². The lowest BCUT2D eigenvalue weighted by Crippen LogP contribution is -2.15. The van der Waals surface area contributed by atoms with Crippen molar-refractivity contribution in [3.8, 4) is 11.5 Å². The zero-order chi connectivity index (χ0) is 14.8. The fraction of sp³-hybridized carbons (Fsp3) is 0.250. The maximum atomic E-state index is 6.27. The Bertz CT molecular complexity index is 656. The summed E-state index contributed by atoms with van der Waals surface area (Å²) in [4.78, 5) is 0. The number of rotatable bonds is 5. The summed E-state index contributed by atoms with van der Waals surface area (Å²) in [6, 6.07) is 11.7. The van der Waals surface area contributed by atoms with Gasteiger partial charge in [0.2, 0.25) is 0 Å². The third kappa shape index (κ3) is 3.83. The molecule has 0 saturated heterocycles. The second-order valence-electron chi connectivity index (χ2n) is 5.07. The number of hydrogen-bond acceptors (Lipinski definition) is 2. The van der Waals surface area contributed by atoms with Crippen LogP contribution in [0.1, 0.15) is 18.4 Å². The summed E-state index contributed by atoms with van der Waals surface area (Å²) in [5.74, 6) is 1.06. The van der Waals surface area contributed by atoms with Crippen molar-refractivity contribution in [3.05, 3.63) is 57.0 Å². The molecule has 1 saturated carbocycles. The van der Waals surface area contributed by atoms with Gasteiger partial charge in [-0.05, 0) is 42.7 Å². The average Bonchev–Trinajstić information content (AvgIpc) is 3.28. The second-order valence-corrected chi connectivity index (χ2v) is 6.27. The Morgan fingerprint density at radius 2 is 1.81 bits per heavy atom. The SMILES string of the molecule is Clc1cc(CNC2CC2)ccc1Oc1cccc(Cl)c1Cl. The molecule has 110 valence electrons. The molecule has 1 aliphatic carbocycles. The molecule has 1 N–H and O–H groups in total. The van der Waals surface area contributed by atoms with E-state index in [1.807, 2.05) is 18.2 Å². The zero-order valence-electron chi connectivity index (χ0n) is 11.2. The van der Waals surface area contributed by atoms with Crippen LogP contribution in [0.2, 0.25) is 15.1 Å². The fourth-order valence-electron chi connectivity index (χ4n) is 1.97. The van der Waals surface area contributed by atoms with Crippen LogP contribution in [0.15, 0.2) is 36.4 Å². The largest absolute Gasteiger partial charge is 0.454 e. The van der Waals surface area contributed by atoms with Crippen molar-refractivity contribution in [2.75, 3.05) is 0 Å². The van der Waals surface area contributed by atoms with Crippen LogP contribution in [0.3, 0.4) is 0 Å². The topological polar surface area (TPSA) is 21.3 Å². The molecule has 0 aliphatic heterocycles. The highest BCUT2D eigenvalue weighted by Gasteiger charge is 2.20. The van der Waals surface area contributed by atoms with Gasteiger partial charge >= 0.3 is 0 Å². The molecule has 0 atom stereocenters. The monoisotopic (exact) mass is 341 g/mol. The van der Waals surface area contributed by atoms with E-state index in [4.69, 9.17) is 39.5 Å². The van der Waals surface area contributed by atoms with Crippen LogP contribution >= 0.6 is 34.8 Å². The molecule has 0 spiro atoms. The molecule has 1 fully saturated rings. The highest BCUT2D eigenvalue weighted by Crippen LogP contribution is 2.37. The molecule has 2 aromatic carbocycles.